The maximum Gasteiger partial charge on any atom is 0.322 e. The summed E-state index contributed by atoms with van der Waals surface area (Å²) in [5, 5.41) is 8.16. The zero-order valence-corrected chi connectivity index (χ0v) is 18.3. The maximum absolute atomic E-state index is 12.8. The summed E-state index contributed by atoms with van der Waals surface area (Å²) >= 11 is 1.37. The van der Waals surface area contributed by atoms with Crippen LogP contribution in [0, 0.1) is 0 Å². The Labute approximate surface area is 176 Å². The molecule has 0 spiro atoms. The molecule has 158 valence electrons. The Kier molecular flexibility index (Phi) is 9.08. The average Bonchev–Trinajstić information content (AvgIpc) is 3.18. The van der Waals surface area contributed by atoms with Gasteiger partial charge in [0.05, 0.1) is 13.2 Å². The molecule has 0 saturated heterocycles. The highest BCUT2D eigenvalue weighted by molar-refractivity contribution is 7.09. The highest BCUT2D eigenvalue weighted by Crippen LogP contribution is 2.18. The Morgan fingerprint density at radius 1 is 1.24 bits per heavy atom. The van der Waals surface area contributed by atoms with Crippen molar-refractivity contribution in [1.82, 2.24) is 15.2 Å². The summed E-state index contributed by atoms with van der Waals surface area (Å²) in [6.45, 7) is 8.01. The lowest BCUT2D eigenvalue weighted by atomic mass is 10.0. The number of carbonyl (C=O) groups is 2. The fourth-order valence-electron chi connectivity index (χ4n) is 2.59. The molecular weight excluding hydrogens is 388 g/mol. The monoisotopic (exact) mass is 418 g/mol. The van der Waals surface area contributed by atoms with E-state index in [1.807, 2.05) is 31.2 Å². The molecule has 2 rings (SSSR count). The van der Waals surface area contributed by atoms with E-state index < -0.39 is 0 Å². The van der Waals surface area contributed by atoms with Gasteiger partial charge in [-0.05, 0) is 30.0 Å². The quantitative estimate of drug-likeness (QED) is 0.609. The molecule has 29 heavy (non-hydrogen) atoms. The minimum absolute atomic E-state index is 0.188. The van der Waals surface area contributed by atoms with Gasteiger partial charge >= 0.3 is 6.03 Å². The van der Waals surface area contributed by atoms with Gasteiger partial charge in [-0.3, -0.25) is 4.79 Å². The minimum atomic E-state index is -0.230. The first-order valence-electron chi connectivity index (χ1n) is 9.82. The molecule has 0 saturated carbocycles. The number of urea groups is 1. The van der Waals surface area contributed by atoms with Crippen LogP contribution in [0.3, 0.4) is 0 Å². The topological polar surface area (TPSA) is 83.6 Å². The highest BCUT2D eigenvalue weighted by Gasteiger charge is 2.17. The molecule has 0 unspecified atom stereocenters. The molecule has 0 fully saturated rings. The van der Waals surface area contributed by atoms with Gasteiger partial charge in [-0.2, -0.15) is 0 Å². The van der Waals surface area contributed by atoms with E-state index >= 15 is 0 Å². The smallest absolute Gasteiger partial charge is 0.322 e. The number of rotatable bonds is 10. The third kappa shape index (κ3) is 7.14. The number of carbonyl (C=O) groups excluding carboxylic acids is 2. The van der Waals surface area contributed by atoms with Crippen molar-refractivity contribution in [2.45, 2.75) is 39.7 Å². The van der Waals surface area contributed by atoms with Crippen LogP contribution in [0.15, 0.2) is 29.6 Å². The first-order valence-corrected chi connectivity index (χ1v) is 10.7. The van der Waals surface area contributed by atoms with Crippen LogP contribution in [0.2, 0.25) is 0 Å². The first-order chi connectivity index (χ1) is 13.9. The van der Waals surface area contributed by atoms with Crippen molar-refractivity contribution in [2.24, 2.45) is 0 Å². The van der Waals surface area contributed by atoms with Crippen LogP contribution in [0.5, 0.6) is 0 Å². The number of anilines is 1. The lowest BCUT2D eigenvalue weighted by Crippen LogP contribution is -2.36. The number of ether oxygens (including phenoxy) is 1. The second-order valence-electron chi connectivity index (χ2n) is 7.00. The van der Waals surface area contributed by atoms with E-state index in [1.54, 1.807) is 17.4 Å². The number of hydrogen-bond acceptors (Lipinski definition) is 5. The molecule has 2 N–H and O–H groups in total. The number of amides is 3. The Balaban J connectivity index is 2.03. The van der Waals surface area contributed by atoms with Gasteiger partial charge < -0.3 is 20.3 Å². The third-order valence-electron chi connectivity index (χ3n) is 4.33. The van der Waals surface area contributed by atoms with E-state index in [9.17, 15) is 9.59 Å². The van der Waals surface area contributed by atoms with Crippen molar-refractivity contribution in [1.29, 1.82) is 0 Å². The molecule has 1 aromatic carbocycles. The largest absolute Gasteiger partial charge is 0.383 e. The summed E-state index contributed by atoms with van der Waals surface area (Å²) in [6.07, 6.45) is 0.867. The van der Waals surface area contributed by atoms with Crippen LogP contribution < -0.4 is 10.6 Å². The Morgan fingerprint density at radius 3 is 2.59 bits per heavy atom. The number of thiazole rings is 1. The molecule has 1 heterocycles. The third-order valence-corrected chi connectivity index (χ3v) is 5.16. The predicted octanol–water partition coefficient (Wildman–Crippen LogP) is 4.09. The molecular formula is C21H30N4O3S. The normalized spacial score (nSPS) is 10.8. The molecule has 3 amide bonds. The van der Waals surface area contributed by atoms with Crippen LogP contribution >= 0.6 is 11.3 Å². The van der Waals surface area contributed by atoms with E-state index in [-0.39, 0.29) is 11.9 Å². The molecule has 7 nitrogen and oxygen atoms in total. The lowest BCUT2D eigenvalue weighted by molar-refractivity contribution is 0.0949. The number of nitrogens with one attached hydrogen (secondary N) is 2. The molecule has 0 radical (unpaired) electrons. The van der Waals surface area contributed by atoms with Crippen LogP contribution in [-0.4, -0.2) is 48.6 Å². The summed E-state index contributed by atoms with van der Waals surface area (Å²) in [4.78, 5) is 30.8. The molecule has 0 aliphatic heterocycles. The molecule has 0 bridgehead atoms. The van der Waals surface area contributed by atoms with Crippen molar-refractivity contribution < 1.29 is 14.3 Å². The van der Waals surface area contributed by atoms with Gasteiger partial charge in [-0.25, -0.2) is 9.78 Å². The van der Waals surface area contributed by atoms with Gasteiger partial charge in [-0.15, -0.1) is 11.3 Å². The zero-order chi connectivity index (χ0) is 21.2. The van der Waals surface area contributed by atoms with Gasteiger partial charge in [-0.1, -0.05) is 32.9 Å². The van der Waals surface area contributed by atoms with Crippen molar-refractivity contribution in [3.05, 3.63) is 45.9 Å². The first kappa shape index (κ1) is 22.8. The standard InChI is InChI=1S/C21H30N4O3S/c1-5-10-22-20(26)18-14-29-19(24-18)13-25(11-12-28-4)21(27)23-17-8-6-16(7-9-17)15(2)3/h6-9,14-15H,5,10-13H2,1-4H3,(H,22,26)(H,23,27). The maximum atomic E-state index is 12.8. The van der Waals surface area contributed by atoms with Crippen molar-refractivity contribution >= 4 is 29.0 Å². The summed E-state index contributed by atoms with van der Waals surface area (Å²) in [5.41, 5.74) is 2.34. The number of hydrogen-bond donors (Lipinski definition) is 2. The number of nitrogens with zero attached hydrogens (tertiary/aromatic N) is 2. The van der Waals surface area contributed by atoms with Crippen LogP contribution in [0.1, 0.15) is 54.2 Å². The summed E-state index contributed by atoms with van der Waals surface area (Å²) < 4.78 is 5.14. The second kappa shape index (κ2) is 11.5. The Bertz CT molecular complexity index is 789. The highest BCUT2D eigenvalue weighted by atomic mass is 32.1. The molecule has 0 atom stereocenters. The molecule has 0 aliphatic carbocycles. The second-order valence-corrected chi connectivity index (χ2v) is 7.95. The van der Waals surface area contributed by atoms with Crippen LogP contribution in [0.4, 0.5) is 10.5 Å². The van der Waals surface area contributed by atoms with Gasteiger partial charge in [0.1, 0.15) is 10.7 Å². The Hall–Kier alpha value is -2.45. The number of methoxy groups -OCH3 is 1. The number of benzene rings is 1. The minimum Gasteiger partial charge on any atom is -0.383 e. The summed E-state index contributed by atoms with van der Waals surface area (Å²) in [7, 11) is 1.60. The summed E-state index contributed by atoms with van der Waals surface area (Å²) in [5.74, 6) is 0.249. The predicted molar refractivity (Wildman–Crippen MR) is 117 cm³/mol. The average molecular weight is 419 g/mol. The molecule has 2 aromatic rings. The SMILES string of the molecule is CCCNC(=O)c1csc(CN(CCOC)C(=O)Nc2ccc(C(C)C)cc2)n1. The van der Waals surface area contributed by atoms with E-state index in [0.29, 0.717) is 42.9 Å². The van der Waals surface area contributed by atoms with Crippen LogP contribution in [-0.2, 0) is 11.3 Å². The van der Waals surface area contributed by atoms with Gasteiger partial charge in [0.15, 0.2) is 0 Å². The summed E-state index contributed by atoms with van der Waals surface area (Å²) in [6, 6.07) is 7.61. The molecule has 1 aromatic heterocycles. The van der Waals surface area contributed by atoms with Gasteiger partial charge in [0, 0.05) is 31.3 Å². The molecule has 8 heteroatoms. The fraction of sp³-hybridized carbons (Fsp3) is 0.476. The van der Waals surface area contributed by atoms with Crippen molar-refractivity contribution in [3.8, 4) is 0 Å². The fourth-order valence-corrected chi connectivity index (χ4v) is 3.38. The van der Waals surface area contributed by atoms with Gasteiger partial charge in [0.2, 0.25) is 0 Å². The van der Waals surface area contributed by atoms with Crippen molar-refractivity contribution in [3.63, 3.8) is 0 Å². The Morgan fingerprint density at radius 2 is 1.97 bits per heavy atom. The van der Waals surface area contributed by atoms with Gasteiger partial charge in [0.25, 0.3) is 5.91 Å². The number of aromatic nitrogens is 1. The van der Waals surface area contributed by atoms with E-state index in [1.165, 1.54) is 16.9 Å². The lowest BCUT2D eigenvalue weighted by Gasteiger charge is -2.22. The molecule has 0 aliphatic rings. The van der Waals surface area contributed by atoms with Crippen LogP contribution in [0.25, 0.3) is 0 Å². The van der Waals surface area contributed by atoms with E-state index in [2.05, 4.69) is 29.5 Å². The van der Waals surface area contributed by atoms with E-state index in [4.69, 9.17) is 4.74 Å². The van der Waals surface area contributed by atoms with Crippen molar-refractivity contribution in [2.75, 3.05) is 32.1 Å². The zero-order valence-electron chi connectivity index (χ0n) is 17.5. The van der Waals surface area contributed by atoms with E-state index in [0.717, 1.165) is 12.1 Å².